The smallest absolute Gasteiger partial charge is 0.169 e. The zero-order valence-corrected chi connectivity index (χ0v) is 36.9. The number of pyridine rings is 1. The predicted molar refractivity (Wildman–Crippen MR) is 268 cm³/mol. The lowest BCUT2D eigenvalue weighted by Crippen LogP contribution is -2.26. The van der Waals surface area contributed by atoms with Gasteiger partial charge in [-0.05, 0) is 147 Å². The highest BCUT2D eigenvalue weighted by atomic mass is 15.1. The Labute approximate surface area is 380 Å². The van der Waals surface area contributed by atoms with E-state index in [9.17, 15) is 0 Å². The second-order valence-corrected chi connectivity index (χ2v) is 18.0. The van der Waals surface area contributed by atoms with Gasteiger partial charge in [-0.25, -0.2) is 9.55 Å². The number of hydrogen-bond acceptors (Lipinski definition) is 2. The van der Waals surface area contributed by atoms with E-state index >= 15 is 0 Å². The highest BCUT2D eigenvalue weighted by Crippen LogP contribution is 2.53. The van der Waals surface area contributed by atoms with Crippen LogP contribution in [0.15, 0.2) is 219 Å². The zero-order valence-electron chi connectivity index (χ0n) is 36.9. The molecule has 0 spiro atoms. The summed E-state index contributed by atoms with van der Waals surface area (Å²) in [6.07, 6.45) is 14.6. The SMILES string of the molecule is C[n+]1ccc(C2=CC3=C(CC2)c2ccc(N(c4ccc(-c5ccccc5)cc4)c4ccc(-c5ccc6c(c5)c5cc(-n7ccnc7)ccc5n6-c5ccccc5)cc4)cc2C3(C)C)cc1. The van der Waals surface area contributed by atoms with E-state index in [-0.39, 0.29) is 5.41 Å². The number of aromatic nitrogens is 4. The summed E-state index contributed by atoms with van der Waals surface area (Å²) in [4.78, 5) is 6.74. The first-order chi connectivity index (χ1) is 31.9. The van der Waals surface area contributed by atoms with Gasteiger partial charge in [-0.3, -0.25) is 0 Å². The third kappa shape index (κ3) is 6.62. The first-order valence-electron chi connectivity index (χ1n) is 22.6. The minimum atomic E-state index is -0.139. The van der Waals surface area contributed by atoms with Crippen LogP contribution in [0.3, 0.4) is 0 Å². The van der Waals surface area contributed by atoms with Gasteiger partial charge < -0.3 is 14.0 Å². The maximum atomic E-state index is 4.32. The molecule has 12 rings (SSSR count). The van der Waals surface area contributed by atoms with Crippen molar-refractivity contribution in [3.8, 4) is 33.6 Å². The van der Waals surface area contributed by atoms with E-state index in [0.29, 0.717) is 0 Å². The van der Waals surface area contributed by atoms with Crippen LogP contribution >= 0.6 is 0 Å². The number of allylic oxidation sites excluding steroid dienone is 4. The molecule has 3 aromatic heterocycles. The Balaban J connectivity index is 0.941. The molecule has 0 bridgehead atoms. The number of rotatable bonds is 8. The molecule has 2 aliphatic rings. The summed E-state index contributed by atoms with van der Waals surface area (Å²) >= 11 is 0. The quantitative estimate of drug-likeness (QED) is 0.143. The van der Waals surface area contributed by atoms with E-state index in [1.807, 2.05) is 18.7 Å². The molecule has 312 valence electrons. The molecule has 5 nitrogen and oxygen atoms in total. The highest BCUT2D eigenvalue weighted by molar-refractivity contribution is 6.11. The molecule has 7 aromatic carbocycles. The third-order valence-electron chi connectivity index (χ3n) is 13.8. The maximum Gasteiger partial charge on any atom is 0.169 e. The molecule has 65 heavy (non-hydrogen) atoms. The fraction of sp³-hybridized carbons (Fsp3) is 0.100. The van der Waals surface area contributed by atoms with E-state index < -0.39 is 0 Å². The van der Waals surface area contributed by atoms with E-state index in [1.54, 1.807) is 0 Å². The predicted octanol–water partition coefficient (Wildman–Crippen LogP) is 14.5. The van der Waals surface area contributed by atoms with Crippen LogP contribution in [0.1, 0.15) is 43.4 Å². The van der Waals surface area contributed by atoms with Crippen LogP contribution in [0.5, 0.6) is 0 Å². The standard InChI is InChI=1S/C60H48N5/c1-60(2)56-37-46(44-30-33-62(3)34-31-44)18-26-52(56)53-27-24-51(39-57(53)60)64(48-20-14-42(15-21-48)41-10-6-4-7-11-41)49-22-16-43(17-23-49)45-19-28-58-54(36-45)55-38-50(63-35-32-61-40-63)25-29-59(55)65(58)47-12-8-5-9-13-47/h4-17,19-25,27-40H,18,26H2,1-3H3/q+1. The van der Waals surface area contributed by atoms with Crippen LogP contribution in [0.4, 0.5) is 17.1 Å². The number of hydrogen-bond donors (Lipinski definition) is 0. The summed E-state index contributed by atoms with van der Waals surface area (Å²) in [5, 5.41) is 2.42. The van der Waals surface area contributed by atoms with Crippen molar-refractivity contribution in [2.24, 2.45) is 7.05 Å². The molecule has 10 aromatic rings. The number of fused-ring (bicyclic) bond motifs is 5. The van der Waals surface area contributed by atoms with E-state index in [2.05, 4.69) is 239 Å². The van der Waals surface area contributed by atoms with Crippen LogP contribution in [0, 0.1) is 0 Å². The third-order valence-corrected chi connectivity index (χ3v) is 13.8. The summed E-state index contributed by atoms with van der Waals surface area (Å²) in [5.41, 5.74) is 21.0. The zero-order chi connectivity index (χ0) is 43.6. The van der Waals surface area contributed by atoms with Crippen molar-refractivity contribution in [2.45, 2.75) is 32.1 Å². The average Bonchev–Trinajstić information content (AvgIpc) is 4.07. The summed E-state index contributed by atoms with van der Waals surface area (Å²) in [6.45, 7) is 4.81. The number of para-hydroxylation sites is 1. The minimum absolute atomic E-state index is 0.139. The van der Waals surface area contributed by atoms with Crippen LogP contribution in [0.2, 0.25) is 0 Å². The molecule has 0 aliphatic heterocycles. The van der Waals surface area contributed by atoms with E-state index in [4.69, 9.17) is 0 Å². The summed E-state index contributed by atoms with van der Waals surface area (Å²) < 4.78 is 6.55. The van der Waals surface area contributed by atoms with Gasteiger partial charge in [0.1, 0.15) is 7.05 Å². The molecule has 0 unspecified atom stereocenters. The lowest BCUT2D eigenvalue weighted by atomic mass is 9.78. The van der Waals surface area contributed by atoms with Gasteiger partial charge in [0.05, 0.1) is 17.4 Å². The Hall–Kier alpha value is -8.02. The lowest BCUT2D eigenvalue weighted by Gasteiger charge is -2.29. The molecular weight excluding hydrogens is 791 g/mol. The van der Waals surface area contributed by atoms with E-state index in [1.165, 1.54) is 77.5 Å². The molecule has 2 aliphatic carbocycles. The fourth-order valence-corrected chi connectivity index (χ4v) is 10.4. The van der Waals surface area contributed by atoms with Crippen LogP contribution in [-0.2, 0) is 12.5 Å². The monoisotopic (exact) mass is 838 g/mol. The van der Waals surface area contributed by atoms with Crippen molar-refractivity contribution in [2.75, 3.05) is 4.90 Å². The summed E-state index contributed by atoms with van der Waals surface area (Å²) in [6, 6.07) is 64.7. The lowest BCUT2D eigenvalue weighted by molar-refractivity contribution is -0.671. The van der Waals surface area contributed by atoms with Crippen LogP contribution in [0.25, 0.3) is 66.6 Å². The second-order valence-electron chi connectivity index (χ2n) is 18.0. The normalized spacial score (nSPS) is 14.1. The molecule has 0 N–H and O–H groups in total. The van der Waals surface area contributed by atoms with Gasteiger partial charge in [-0.15, -0.1) is 0 Å². The van der Waals surface area contributed by atoms with E-state index in [0.717, 1.165) is 41.3 Å². The number of aryl methyl sites for hydroxylation is 1. The van der Waals surface area contributed by atoms with Gasteiger partial charge in [0.25, 0.3) is 0 Å². The van der Waals surface area contributed by atoms with Gasteiger partial charge >= 0.3 is 0 Å². The van der Waals surface area contributed by atoms with Gasteiger partial charge in [0.2, 0.25) is 0 Å². The molecule has 0 atom stereocenters. The summed E-state index contributed by atoms with van der Waals surface area (Å²) in [7, 11) is 2.08. The van der Waals surface area contributed by atoms with Crippen LogP contribution < -0.4 is 9.47 Å². The summed E-state index contributed by atoms with van der Waals surface area (Å²) in [5.74, 6) is 0. The molecule has 0 saturated carbocycles. The highest BCUT2D eigenvalue weighted by Gasteiger charge is 2.39. The van der Waals surface area contributed by atoms with Crippen molar-refractivity contribution in [1.29, 1.82) is 0 Å². The van der Waals surface area contributed by atoms with Gasteiger partial charge in [0.15, 0.2) is 12.4 Å². The maximum absolute atomic E-state index is 4.32. The Kier molecular flexibility index (Phi) is 9.13. The van der Waals surface area contributed by atoms with Crippen molar-refractivity contribution in [3.05, 3.63) is 235 Å². The Morgan fingerprint density at radius 2 is 1.17 bits per heavy atom. The Bertz CT molecular complexity index is 3470. The van der Waals surface area contributed by atoms with Gasteiger partial charge in [0, 0.05) is 69.2 Å². The van der Waals surface area contributed by atoms with Gasteiger partial charge in [-0.1, -0.05) is 105 Å². The molecule has 0 saturated heterocycles. The Morgan fingerprint density at radius 3 is 1.86 bits per heavy atom. The molecule has 5 heteroatoms. The molecule has 0 amide bonds. The molecular formula is C60H48N5+. The van der Waals surface area contributed by atoms with Crippen molar-refractivity contribution >= 4 is 50.0 Å². The van der Waals surface area contributed by atoms with Gasteiger partial charge in [-0.2, -0.15) is 0 Å². The second kappa shape index (κ2) is 15.4. The molecule has 0 radical (unpaired) electrons. The largest absolute Gasteiger partial charge is 0.310 e. The van der Waals surface area contributed by atoms with Crippen LogP contribution in [-0.4, -0.2) is 14.1 Å². The van der Waals surface area contributed by atoms with Crippen molar-refractivity contribution < 1.29 is 4.57 Å². The first-order valence-corrected chi connectivity index (χ1v) is 22.6. The number of anilines is 3. The molecule has 3 heterocycles. The van der Waals surface area contributed by atoms with Crippen molar-refractivity contribution in [3.63, 3.8) is 0 Å². The topological polar surface area (TPSA) is 29.9 Å². The fourth-order valence-electron chi connectivity index (χ4n) is 10.4. The first kappa shape index (κ1) is 38.6. The number of nitrogens with zero attached hydrogens (tertiary/aromatic N) is 5. The number of imidazole rings is 1. The Morgan fingerprint density at radius 1 is 0.554 bits per heavy atom. The number of benzene rings is 7. The average molecular weight is 839 g/mol. The minimum Gasteiger partial charge on any atom is -0.310 e. The van der Waals surface area contributed by atoms with Crippen molar-refractivity contribution in [1.82, 2.24) is 14.1 Å². The molecule has 0 fully saturated rings.